The Balaban J connectivity index is 1.87. The van der Waals surface area contributed by atoms with Gasteiger partial charge in [0.1, 0.15) is 11.1 Å². The van der Waals surface area contributed by atoms with E-state index < -0.39 is 0 Å². The molecule has 2 amide bonds. The third kappa shape index (κ3) is 2.84. The maximum atomic E-state index is 11.6. The van der Waals surface area contributed by atoms with Crippen LogP contribution in [0.25, 0.3) is 11.3 Å². The van der Waals surface area contributed by atoms with Gasteiger partial charge in [-0.3, -0.25) is 0 Å². The van der Waals surface area contributed by atoms with Gasteiger partial charge in [0.15, 0.2) is 0 Å². The van der Waals surface area contributed by atoms with Crippen LogP contribution < -0.4 is 5.32 Å². The summed E-state index contributed by atoms with van der Waals surface area (Å²) >= 11 is 1.61. The summed E-state index contributed by atoms with van der Waals surface area (Å²) in [6.45, 7) is 5.30. The molecule has 6 heteroatoms. The molecular formula is C16H19N3O2S. The average molecular weight is 317 g/mol. The third-order valence-corrected chi connectivity index (χ3v) is 4.69. The lowest BCUT2D eigenvalue weighted by Gasteiger charge is -2.26. The number of carbonyl (C=O) groups excluding carboxylic acids is 1. The summed E-state index contributed by atoms with van der Waals surface area (Å²) in [5.41, 5.74) is 4.00. The summed E-state index contributed by atoms with van der Waals surface area (Å²) in [4.78, 5) is 18.0. The van der Waals surface area contributed by atoms with Crippen molar-refractivity contribution >= 4 is 23.1 Å². The van der Waals surface area contributed by atoms with Crippen molar-refractivity contribution in [3.8, 4) is 11.3 Å². The van der Waals surface area contributed by atoms with E-state index in [1.807, 2.05) is 26.0 Å². The second-order valence-electron chi connectivity index (χ2n) is 5.33. The molecule has 0 radical (unpaired) electrons. The Bertz CT molecular complexity index is 698. The fourth-order valence-corrected chi connectivity index (χ4v) is 3.30. The number of nitrogens with one attached hydrogen (secondary N) is 1. The van der Waals surface area contributed by atoms with E-state index in [4.69, 9.17) is 4.74 Å². The summed E-state index contributed by atoms with van der Waals surface area (Å²) in [7, 11) is 1.79. The Hall–Kier alpha value is -1.92. The molecule has 22 heavy (non-hydrogen) atoms. The monoisotopic (exact) mass is 317 g/mol. The van der Waals surface area contributed by atoms with Crippen LogP contribution in [0, 0.1) is 0 Å². The molecule has 1 unspecified atom stereocenters. The zero-order chi connectivity index (χ0) is 15.7. The van der Waals surface area contributed by atoms with Crippen molar-refractivity contribution in [2.24, 2.45) is 0 Å². The normalized spacial score (nSPS) is 15.4. The minimum absolute atomic E-state index is 0.0202. The average Bonchev–Trinajstić information content (AvgIpc) is 2.98. The highest BCUT2D eigenvalue weighted by molar-refractivity contribution is 7.10. The summed E-state index contributed by atoms with van der Waals surface area (Å²) < 4.78 is 5.59. The number of hydrogen-bond donors (Lipinski definition) is 1. The zero-order valence-corrected chi connectivity index (χ0v) is 13.7. The van der Waals surface area contributed by atoms with Gasteiger partial charge in [0.05, 0.1) is 5.69 Å². The second-order valence-corrected chi connectivity index (χ2v) is 6.22. The minimum atomic E-state index is -0.0678. The minimum Gasteiger partial charge on any atom is -0.372 e. The van der Waals surface area contributed by atoms with Crippen LogP contribution in [0.3, 0.4) is 0 Å². The Morgan fingerprint density at radius 3 is 3.09 bits per heavy atom. The molecule has 116 valence electrons. The van der Waals surface area contributed by atoms with Gasteiger partial charge in [-0.1, -0.05) is 6.07 Å². The lowest BCUT2D eigenvalue weighted by molar-refractivity contribution is 0.0762. The van der Waals surface area contributed by atoms with Gasteiger partial charge in [0, 0.05) is 36.8 Å². The van der Waals surface area contributed by atoms with Crippen molar-refractivity contribution in [3.05, 3.63) is 34.2 Å². The molecule has 2 heterocycles. The highest BCUT2D eigenvalue weighted by Crippen LogP contribution is 2.31. The number of benzene rings is 1. The van der Waals surface area contributed by atoms with Crippen molar-refractivity contribution in [1.29, 1.82) is 0 Å². The van der Waals surface area contributed by atoms with Crippen LogP contribution in [0.5, 0.6) is 0 Å². The smallest absolute Gasteiger partial charge is 0.321 e. The third-order valence-electron chi connectivity index (χ3n) is 3.68. The number of amides is 2. The molecule has 1 N–H and O–H groups in total. The number of nitrogens with zero attached hydrogens (tertiary/aromatic N) is 2. The lowest BCUT2D eigenvalue weighted by Crippen LogP contribution is -2.35. The predicted octanol–water partition coefficient (Wildman–Crippen LogP) is 3.88. The first kappa shape index (κ1) is 15.0. The molecule has 0 saturated heterocycles. The van der Waals surface area contributed by atoms with Gasteiger partial charge in [-0.2, -0.15) is 0 Å². The van der Waals surface area contributed by atoms with E-state index in [1.165, 1.54) is 0 Å². The highest BCUT2D eigenvalue weighted by Gasteiger charge is 2.20. The van der Waals surface area contributed by atoms with Gasteiger partial charge < -0.3 is 15.0 Å². The quantitative estimate of drug-likeness (QED) is 0.931. The van der Waals surface area contributed by atoms with Crippen molar-refractivity contribution in [1.82, 2.24) is 9.88 Å². The summed E-state index contributed by atoms with van der Waals surface area (Å²) in [6, 6.07) is 5.96. The van der Waals surface area contributed by atoms with Gasteiger partial charge >= 0.3 is 6.03 Å². The van der Waals surface area contributed by atoms with Crippen LogP contribution in [0.15, 0.2) is 23.6 Å². The van der Waals surface area contributed by atoms with E-state index in [9.17, 15) is 4.79 Å². The fourth-order valence-electron chi connectivity index (χ4n) is 2.47. The number of hydrogen-bond acceptors (Lipinski definition) is 4. The van der Waals surface area contributed by atoms with Gasteiger partial charge in [-0.15, -0.1) is 11.3 Å². The molecule has 1 aromatic carbocycles. The number of ether oxygens (including phenoxy) is 1. The summed E-state index contributed by atoms with van der Waals surface area (Å²) in [5.74, 6) is 0. The number of rotatable bonds is 4. The lowest BCUT2D eigenvalue weighted by atomic mass is 10.0. The number of aromatic nitrogens is 1. The van der Waals surface area contributed by atoms with Gasteiger partial charge in [-0.05, 0) is 31.5 Å². The molecule has 0 fully saturated rings. The molecule has 3 rings (SSSR count). The Kier molecular flexibility index (Phi) is 4.13. The van der Waals surface area contributed by atoms with E-state index in [-0.39, 0.29) is 12.1 Å². The first-order chi connectivity index (χ1) is 10.6. The highest BCUT2D eigenvalue weighted by atomic mass is 32.1. The van der Waals surface area contributed by atoms with Gasteiger partial charge in [0.25, 0.3) is 0 Å². The first-order valence-electron chi connectivity index (χ1n) is 7.31. The van der Waals surface area contributed by atoms with Crippen LogP contribution in [0.1, 0.15) is 30.5 Å². The Labute approximate surface area is 133 Å². The standard InChI is InChI=1S/C16H19N3O2S/c1-4-21-10(2)15-17-14(9-22-15)11-5-6-13-12(7-11)8-19(3)16(20)18-13/h5-7,9-10H,4,8H2,1-3H3,(H,18,20). The number of carbonyl (C=O) groups is 1. The number of anilines is 1. The van der Waals surface area contributed by atoms with Crippen molar-refractivity contribution in [2.45, 2.75) is 26.5 Å². The van der Waals surface area contributed by atoms with E-state index in [1.54, 1.807) is 23.3 Å². The molecule has 5 nitrogen and oxygen atoms in total. The SMILES string of the molecule is CCOC(C)c1nc(-c2ccc3c(c2)CN(C)C(=O)N3)cs1. The molecule has 0 aliphatic carbocycles. The molecule has 0 saturated carbocycles. The molecule has 0 spiro atoms. The van der Waals surface area contributed by atoms with E-state index in [0.29, 0.717) is 13.2 Å². The molecule has 1 aliphatic heterocycles. The molecule has 0 bridgehead atoms. The number of fused-ring (bicyclic) bond motifs is 1. The Morgan fingerprint density at radius 1 is 1.50 bits per heavy atom. The zero-order valence-electron chi connectivity index (χ0n) is 12.9. The van der Waals surface area contributed by atoms with Crippen LogP contribution >= 0.6 is 11.3 Å². The van der Waals surface area contributed by atoms with Gasteiger partial charge in [0.2, 0.25) is 0 Å². The van der Waals surface area contributed by atoms with E-state index in [2.05, 4.69) is 21.7 Å². The van der Waals surface area contributed by atoms with Crippen LogP contribution in [0.2, 0.25) is 0 Å². The maximum Gasteiger partial charge on any atom is 0.321 e. The van der Waals surface area contributed by atoms with Crippen molar-refractivity contribution in [2.75, 3.05) is 19.0 Å². The number of thiazole rings is 1. The van der Waals surface area contributed by atoms with Crippen LogP contribution in [0.4, 0.5) is 10.5 Å². The molecule has 2 aromatic rings. The van der Waals surface area contributed by atoms with Crippen LogP contribution in [-0.2, 0) is 11.3 Å². The maximum absolute atomic E-state index is 11.6. The van der Waals surface area contributed by atoms with Crippen molar-refractivity contribution < 1.29 is 9.53 Å². The largest absolute Gasteiger partial charge is 0.372 e. The second kappa shape index (κ2) is 6.06. The molecule has 1 aromatic heterocycles. The summed E-state index contributed by atoms with van der Waals surface area (Å²) in [5, 5.41) is 5.92. The predicted molar refractivity (Wildman–Crippen MR) is 88.1 cm³/mol. The Morgan fingerprint density at radius 2 is 2.32 bits per heavy atom. The molecular weight excluding hydrogens is 298 g/mol. The molecule has 1 atom stereocenters. The van der Waals surface area contributed by atoms with Crippen LogP contribution in [-0.4, -0.2) is 29.6 Å². The van der Waals surface area contributed by atoms with Crippen molar-refractivity contribution in [3.63, 3.8) is 0 Å². The van der Waals surface area contributed by atoms with E-state index >= 15 is 0 Å². The summed E-state index contributed by atoms with van der Waals surface area (Å²) in [6.07, 6.45) is 0.0202. The molecule has 1 aliphatic rings. The van der Waals surface area contributed by atoms with E-state index in [0.717, 1.165) is 27.5 Å². The van der Waals surface area contributed by atoms with Gasteiger partial charge in [-0.25, -0.2) is 9.78 Å². The number of urea groups is 1. The topological polar surface area (TPSA) is 54.5 Å². The fraction of sp³-hybridized carbons (Fsp3) is 0.375. The first-order valence-corrected chi connectivity index (χ1v) is 8.19.